The first-order valence-corrected chi connectivity index (χ1v) is 10.3. The second kappa shape index (κ2) is 8.80. The van der Waals surface area contributed by atoms with Gasteiger partial charge in [-0.1, -0.05) is 12.1 Å². The molecule has 0 unspecified atom stereocenters. The van der Waals surface area contributed by atoms with Crippen LogP contribution >= 0.6 is 0 Å². The van der Waals surface area contributed by atoms with Gasteiger partial charge in [0.05, 0.1) is 38.1 Å². The quantitative estimate of drug-likeness (QED) is 0.537. The van der Waals surface area contributed by atoms with E-state index in [9.17, 15) is 14.7 Å². The second-order valence-corrected chi connectivity index (χ2v) is 7.28. The number of nitrogens with zero attached hydrogens (tertiary/aromatic N) is 1. The molecule has 0 fully saturated rings. The van der Waals surface area contributed by atoms with E-state index in [1.165, 1.54) is 7.11 Å². The van der Waals surface area contributed by atoms with Crippen LogP contribution in [0.3, 0.4) is 0 Å². The first kappa shape index (κ1) is 21.5. The Balaban J connectivity index is 1.94. The molecule has 0 radical (unpaired) electrons. The van der Waals surface area contributed by atoms with E-state index in [-0.39, 0.29) is 5.56 Å². The van der Waals surface area contributed by atoms with E-state index in [1.807, 2.05) is 13.0 Å². The molecule has 2 aromatic carbocycles. The van der Waals surface area contributed by atoms with Crippen LogP contribution in [0.5, 0.6) is 23.1 Å². The second-order valence-electron chi connectivity index (χ2n) is 7.28. The third kappa shape index (κ3) is 3.60. The van der Waals surface area contributed by atoms with E-state index in [1.54, 1.807) is 37.4 Å². The van der Waals surface area contributed by atoms with Gasteiger partial charge in [0.2, 0.25) is 5.88 Å². The Morgan fingerprint density at radius 1 is 1.09 bits per heavy atom. The molecule has 0 saturated carbocycles. The van der Waals surface area contributed by atoms with E-state index in [2.05, 4.69) is 10.3 Å². The van der Waals surface area contributed by atoms with E-state index in [0.717, 1.165) is 15.7 Å². The van der Waals surface area contributed by atoms with E-state index in [0.29, 0.717) is 42.5 Å². The van der Waals surface area contributed by atoms with Crippen molar-refractivity contribution in [1.29, 1.82) is 0 Å². The number of benzene rings is 2. The van der Waals surface area contributed by atoms with Crippen LogP contribution < -0.4 is 30.8 Å². The molecule has 0 saturated heterocycles. The summed E-state index contributed by atoms with van der Waals surface area (Å²) in [5.74, 6) is 1.05. The largest absolute Gasteiger partial charge is 0.494 e. The van der Waals surface area contributed by atoms with Crippen LogP contribution in [-0.2, 0) is 6.42 Å². The molecule has 0 spiro atoms. The van der Waals surface area contributed by atoms with Crippen molar-refractivity contribution >= 4 is 0 Å². The number of fused-ring (bicyclic) bond motifs is 1. The molecule has 0 bridgehead atoms. The van der Waals surface area contributed by atoms with Crippen LogP contribution in [0.25, 0.3) is 5.69 Å². The number of aromatic hydroxyl groups is 1. The van der Waals surface area contributed by atoms with Crippen LogP contribution in [0.4, 0.5) is 0 Å². The number of hydrogen-bond donors (Lipinski definition) is 3. The number of nitrogens with one attached hydrogen (secondary N) is 2. The van der Waals surface area contributed by atoms with Crippen LogP contribution in [0.2, 0.25) is 0 Å². The maximum atomic E-state index is 12.9. The molecule has 1 atom stereocenters. The summed E-state index contributed by atoms with van der Waals surface area (Å²) in [6.45, 7) is 2.77. The molecule has 4 rings (SSSR count). The van der Waals surface area contributed by atoms with E-state index in [4.69, 9.17) is 14.2 Å². The van der Waals surface area contributed by atoms with Gasteiger partial charge in [0.1, 0.15) is 5.75 Å². The number of rotatable bonds is 6. The topological polar surface area (TPSA) is 115 Å². The van der Waals surface area contributed by atoms with Crippen LogP contribution in [0.1, 0.15) is 29.7 Å². The highest BCUT2D eigenvalue weighted by atomic mass is 16.5. The molecule has 1 aromatic heterocycles. The Morgan fingerprint density at radius 3 is 2.53 bits per heavy atom. The summed E-state index contributed by atoms with van der Waals surface area (Å²) in [6, 6.07) is 9.82. The lowest BCUT2D eigenvalue weighted by Gasteiger charge is -2.28. The predicted molar refractivity (Wildman–Crippen MR) is 119 cm³/mol. The first-order chi connectivity index (χ1) is 15.5. The molecule has 168 valence electrons. The summed E-state index contributed by atoms with van der Waals surface area (Å²) in [6.07, 6.45) is 0.706. The molecule has 0 aliphatic carbocycles. The Hall–Kier alpha value is -3.72. The maximum Gasteiger partial charge on any atom is 0.335 e. The van der Waals surface area contributed by atoms with Crippen LogP contribution in [0.15, 0.2) is 46.0 Å². The molecule has 1 aliphatic heterocycles. The van der Waals surface area contributed by atoms with Crippen LogP contribution in [0, 0.1) is 0 Å². The van der Waals surface area contributed by atoms with Gasteiger partial charge in [-0.05, 0) is 48.7 Å². The molecule has 1 aliphatic rings. The molecular weight excluding hydrogens is 414 g/mol. The summed E-state index contributed by atoms with van der Waals surface area (Å²) in [5.41, 5.74) is 0.655. The number of hydrogen-bond acceptors (Lipinski definition) is 7. The van der Waals surface area contributed by atoms with Crippen molar-refractivity contribution in [2.45, 2.75) is 19.4 Å². The van der Waals surface area contributed by atoms with Gasteiger partial charge >= 0.3 is 5.69 Å². The summed E-state index contributed by atoms with van der Waals surface area (Å²) in [7, 11) is 3.09. The lowest BCUT2D eigenvalue weighted by atomic mass is 9.90. The third-order valence-electron chi connectivity index (χ3n) is 5.51. The smallest absolute Gasteiger partial charge is 0.335 e. The van der Waals surface area contributed by atoms with Crippen molar-refractivity contribution in [1.82, 2.24) is 14.9 Å². The number of aromatic nitrogens is 2. The van der Waals surface area contributed by atoms with Crippen molar-refractivity contribution in [2.24, 2.45) is 0 Å². The lowest BCUT2D eigenvalue weighted by Crippen LogP contribution is -2.38. The monoisotopic (exact) mass is 439 g/mol. The highest BCUT2D eigenvalue weighted by Gasteiger charge is 2.30. The van der Waals surface area contributed by atoms with Crippen molar-refractivity contribution in [3.05, 3.63) is 73.9 Å². The van der Waals surface area contributed by atoms with Gasteiger partial charge in [0, 0.05) is 6.54 Å². The minimum atomic E-state index is -0.758. The summed E-state index contributed by atoms with van der Waals surface area (Å²) < 4.78 is 17.5. The van der Waals surface area contributed by atoms with E-state index >= 15 is 0 Å². The Morgan fingerprint density at radius 2 is 1.81 bits per heavy atom. The molecule has 32 heavy (non-hydrogen) atoms. The van der Waals surface area contributed by atoms with Gasteiger partial charge in [0.25, 0.3) is 5.56 Å². The zero-order valence-corrected chi connectivity index (χ0v) is 18.1. The summed E-state index contributed by atoms with van der Waals surface area (Å²) >= 11 is 0. The fraction of sp³-hybridized carbons (Fsp3) is 0.304. The Bertz CT molecular complexity index is 1260. The number of ether oxygens (including phenoxy) is 3. The molecule has 3 aromatic rings. The zero-order valence-electron chi connectivity index (χ0n) is 18.1. The molecule has 9 heteroatoms. The zero-order chi connectivity index (χ0) is 22.8. The fourth-order valence-corrected chi connectivity index (χ4v) is 4.08. The molecule has 9 nitrogen and oxygen atoms in total. The highest BCUT2D eigenvalue weighted by molar-refractivity contribution is 5.54. The fourth-order valence-electron chi connectivity index (χ4n) is 4.08. The average Bonchev–Trinajstić information content (AvgIpc) is 2.79. The number of H-pyrrole nitrogens is 1. The number of methoxy groups -OCH3 is 2. The summed E-state index contributed by atoms with van der Waals surface area (Å²) in [4.78, 5) is 27.9. The molecular formula is C23H25N3O6. The minimum Gasteiger partial charge on any atom is -0.494 e. The first-order valence-electron chi connectivity index (χ1n) is 10.3. The highest BCUT2D eigenvalue weighted by Crippen LogP contribution is 2.38. The Kier molecular flexibility index (Phi) is 5.91. The third-order valence-corrected chi connectivity index (χ3v) is 5.51. The Labute approximate surface area is 184 Å². The minimum absolute atomic E-state index is 0.0315. The average molecular weight is 439 g/mol. The lowest BCUT2D eigenvalue weighted by molar-refractivity contribution is 0.336. The van der Waals surface area contributed by atoms with Gasteiger partial charge in [-0.25, -0.2) is 9.36 Å². The maximum absolute atomic E-state index is 12.9. The van der Waals surface area contributed by atoms with Gasteiger partial charge in [-0.15, -0.1) is 0 Å². The van der Waals surface area contributed by atoms with Gasteiger partial charge in [-0.2, -0.15) is 0 Å². The van der Waals surface area contributed by atoms with Gasteiger partial charge in [-0.3, -0.25) is 9.78 Å². The standard InChI is InChI=1S/C23H25N3O6/c1-4-32-16-8-6-5-7-15(16)26-22(28)19(21(27)25-23(26)29)20-14-12-18(31-3)17(30-2)11-13(14)9-10-24-20/h5-8,11-12,20,24,28H,4,9-10H2,1-3H3,(H,25,27,29)/t20-/m1/s1. The molecule has 0 amide bonds. The van der Waals surface area contributed by atoms with E-state index < -0.39 is 23.2 Å². The molecule has 3 N–H and O–H groups in total. The van der Waals surface area contributed by atoms with Gasteiger partial charge < -0.3 is 24.6 Å². The number of para-hydroxylation sites is 2. The number of aromatic amines is 1. The SMILES string of the molecule is CCOc1ccccc1-n1c(O)c([C@@H]2NCCc3cc(OC)c(OC)cc32)c(=O)[nH]c1=O. The van der Waals surface area contributed by atoms with Crippen molar-refractivity contribution in [2.75, 3.05) is 27.4 Å². The van der Waals surface area contributed by atoms with Gasteiger partial charge in [0.15, 0.2) is 11.5 Å². The van der Waals surface area contributed by atoms with Crippen molar-refractivity contribution in [3.8, 4) is 28.8 Å². The van der Waals surface area contributed by atoms with Crippen molar-refractivity contribution < 1.29 is 19.3 Å². The predicted octanol–water partition coefficient (Wildman–Crippen LogP) is 1.88. The summed E-state index contributed by atoms with van der Waals surface area (Å²) in [5, 5.41) is 14.5. The van der Waals surface area contributed by atoms with Crippen LogP contribution in [-0.4, -0.2) is 42.0 Å². The molecule has 2 heterocycles. The normalized spacial score (nSPS) is 15.2. The van der Waals surface area contributed by atoms with Crippen molar-refractivity contribution in [3.63, 3.8) is 0 Å².